The van der Waals surface area contributed by atoms with E-state index in [0.717, 1.165) is 49.5 Å². The largest absolute Gasteiger partial charge is 0.487 e. The quantitative estimate of drug-likeness (QED) is 0.621. The number of carbonyl (C=O) groups excluding carboxylic acids is 2. The van der Waals surface area contributed by atoms with Crippen molar-refractivity contribution in [1.82, 2.24) is 20.4 Å². The second-order valence-electron chi connectivity index (χ2n) is 9.87. The fraction of sp³-hybridized carbons (Fsp3) is 0.429. The summed E-state index contributed by atoms with van der Waals surface area (Å²) in [7, 11) is 0. The topological polar surface area (TPSA) is 73.9 Å². The highest BCUT2D eigenvalue weighted by Crippen LogP contribution is 2.31. The summed E-state index contributed by atoms with van der Waals surface area (Å²) in [5.74, 6) is 0.217. The van der Waals surface area contributed by atoms with Gasteiger partial charge in [0.05, 0.1) is 0 Å². The number of carbonyl (C=O) groups is 2. The van der Waals surface area contributed by atoms with Gasteiger partial charge in [-0.05, 0) is 67.3 Å². The Labute approximate surface area is 211 Å². The second kappa shape index (κ2) is 10.4. The lowest BCUT2D eigenvalue weighted by Crippen LogP contribution is -2.54. The van der Waals surface area contributed by atoms with Gasteiger partial charge in [0.15, 0.2) is 0 Å². The normalized spacial score (nSPS) is 24.6. The molecule has 2 fully saturated rings. The zero-order chi connectivity index (χ0) is 25.2. The maximum absolute atomic E-state index is 13.3. The van der Waals surface area contributed by atoms with Crippen molar-refractivity contribution < 1.29 is 18.7 Å². The first-order valence-corrected chi connectivity index (χ1v) is 12.7. The number of likely N-dealkylation sites (N-methyl/N-ethyl adjacent to an activating group) is 1. The molecule has 2 aromatic rings. The number of nitrogens with zero attached hydrogens (tertiary/aromatic N) is 2. The molecule has 5 rings (SSSR count). The molecule has 190 valence electrons. The molecule has 0 bridgehead atoms. The Morgan fingerprint density at radius 2 is 1.97 bits per heavy atom. The number of ether oxygens (including phenoxy) is 1. The third kappa shape index (κ3) is 5.15. The van der Waals surface area contributed by atoms with Crippen LogP contribution in [0.25, 0.3) is 0 Å². The lowest BCUT2D eigenvalue weighted by Gasteiger charge is -2.39. The van der Waals surface area contributed by atoms with Gasteiger partial charge in [0.2, 0.25) is 5.91 Å². The van der Waals surface area contributed by atoms with Gasteiger partial charge in [-0.2, -0.15) is 0 Å². The number of hydrogen-bond donors (Lipinski definition) is 2. The lowest BCUT2D eigenvalue weighted by atomic mass is 10.0. The molecule has 0 spiro atoms. The van der Waals surface area contributed by atoms with E-state index < -0.39 is 6.04 Å². The Morgan fingerprint density at radius 1 is 1.17 bits per heavy atom. The van der Waals surface area contributed by atoms with Gasteiger partial charge in [-0.3, -0.25) is 14.5 Å². The van der Waals surface area contributed by atoms with Crippen LogP contribution in [-0.4, -0.2) is 59.4 Å². The number of rotatable bonds is 7. The molecule has 0 aliphatic carbocycles. The predicted octanol–water partition coefficient (Wildman–Crippen LogP) is 3.21. The maximum Gasteiger partial charge on any atom is 0.255 e. The molecule has 3 atom stereocenters. The number of likely N-dealkylation sites (tertiary alicyclic amines) is 1. The van der Waals surface area contributed by atoms with Crippen molar-refractivity contribution in [1.29, 1.82) is 0 Å². The van der Waals surface area contributed by atoms with Crippen molar-refractivity contribution in [3.05, 3.63) is 77.2 Å². The molecule has 2 saturated heterocycles. The molecule has 3 heterocycles. The highest BCUT2D eigenvalue weighted by Gasteiger charge is 2.38. The number of halogens is 1. The molecule has 8 heteroatoms. The van der Waals surface area contributed by atoms with Crippen LogP contribution in [0.2, 0.25) is 0 Å². The number of benzene rings is 2. The highest BCUT2D eigenvalue weighted by atomic mass is 19.1. The van der Waals surface area contributed by atoms with Crippen LogP contribution in [0.5, 0.6) is 5.75 Å². The van der Waals surface area contributed by atoms with Crippen molar-refractivity contribution in [2.75, 3.05) is 19.6 Å². The van der Waals surface area contributed by atoms with Crippen LogP contribution in [0.3, 0.4) is 0 Å². The fourth-order valence-corrected chi connectivity index (χ4v) is 5.47. The van der Waals surface area contributed by atoms with E-state index in [0.29, 0.717) is 30.6 Å². The highest BCUT2D eigenvalue weighted by molar-refractivity contribution is 6.01. The fourth-order valence-electron chi connectivity index (χ4n) is 5.47. The van der Waals surface area contributed by atoms with Crippen LogP contribution in [0.15, 0.2) is 54.7 Å². The molecule has 7 nitrogen and oxygen atoms in total. The van der Waals surface area contributed by atoms with E-state index in [1.807, 2.05) is 30.3 Å². The third-order valence-electron chi connectivity index (χ3n) is 7.32. The van der Waals surface area contributed by atoms with Gasteiger partial charge in [0, 0.05) is 43.5 Å². The monoisotopic (exact) mass is 492 g/mol. The average Bonchev–Trinajstić information content (AvgIpc) is 3.17. The number of fused-ring (bicyclic) bond motifs is 1. The standard InChI is InChI=1S/C28H33FN4O3/c1-3-30-24-12-13-32(15-19-5-7-21(29)8-6-19)17-26(24)36-22-9-10-23-20(14-22)16-33(28(23)35)25-11-4-18(2)31-27(25)34/h5-10,14,24-26,30H,2-4,11-13,15-17H2,1H3,(H,31,34)/t24-,25?,26-/m0/s1. The van der Waals surface area contributed by atoms with Crippen molar-refractivity contribution in [3.63, 3.8) is 0 Å². The van der Waals surface area contributed by atoms with Gasteiger partial charge in [0.25, 0.3) is 5.91 Å². The number of amides is 2. The molecule has 3 aliphatic rings. The molecular formula is C28H33FN4O3. The van der Waals surface area contributed by atoms with Gasteiger partial charge in [-0.25, -0.2) is 4.39 Å². The first-order valence-electron chi connectivity index (χ1n) is 12.7. The van der Waals surface area contributed by atoms with Gasteiger partial charge >= 0.3 is 0 Å². The van der Waals surface area contributed by atoms with E-state index in [4.69, 9.17) is 4.74 Å². The molecule has 0 radical (unpaired) electrons. The zero-order valence-corrected chi connectivity index (χ0v) is 20.6. The SMILES string of the molecule is C=C1CCC(N2Cc3cc(O[C@H]4CN(Cc5ccc(F)cc5)CC[C@@H]4NCC)ccc3C2=O)C(=O)N1. The van der Waals surface area contributed by atoms with E-state index in [9.17, 15) is 14.0 Å². The Balaban J connectivity index is 1.28. The predicted molar refractivity (Wildman–Crippen MR) is 135 cm³/mol. The minimum Gasteiger partial charge on any atom is -0.487 e. The van der Waals surface area contributed by atoms with Gasteiger partial charge < -0.3 is 20.3 Å². The van der Waals surface area contributed by atoms with E-state index in [1.54, 1.807) is 4.90 Å². The van der Waals surface area contributed by atoms with Crippen molar-refractivity contribution in [2.24, 2.45) is 0 Å². The van der Waals surface area contributed by atoms with Crippen LogP contribution >= 0.6 is 0 Å². The van der Waals surface area contributed by atoms with Gasteiger partial charge in [-0.15, -0.1) is 0 Å². The molecular weight excluding hydrogens is 459 g/mol. The Bertz CT molecular complexity index is 1150. The summed E-state index contributed by atoms with van der Waals surface area (Å²) < 4.78 is 19.8. The van der Waals surface area contributed by atoms with Crippen molar-refractivity contribution in [3.8, 4) is 5.75 Å². The van der Waals surface area contributed by atoms with Gasteiger partial charge in [0.1, 0.15) is 23.7 Å². The summed E-state index contributed by atoms with van der Waals surface area (Å²) in [4.78, 5) is 29.5. The summed E-state index contributed by atoms with van der Waals surface area (Å²) >= 11 is 0. The summed E-state index contributed by atoms with van der Waals surface area (Å²) in [6, 6.07) is 12.0. The zero-order valence-electron chi connectivity index (χ0n) is 20.6. The molecule has 1 unspecified atom stereocenters. The molecule has 36 heavy (non-hydrogen) atoms. The third-order valence-corrected chi connectivity index (χ3v) is 7.32. The number of piperidine rings is 2. The average molecular weight is 493 g/mol. The number of allylic oxidation sites excluding steroid dienone is 1. The van der Waals surface area contributed by atoms with Crippen LogP contribution in [0, 0.1) is 5.82 Å². The van der Waals surface area contributed by atoms with E-state index in [2.05, 4.69) is 29.0 Å². The first-order chi connectivity index (χ1) is 17.4. The van der Waals surface area contributed by atoms with E-state index >= 15 is 0 Å². The molecule has 3 aliphatic heterocycles. The Kier molecular flexibility index (Phi) is 7.07. The van der Waals surface area contributed by atoms with Crippen molar-refractivity contribution in [2.45, 2.75) is 57.5 Å². The Morgan fingerprint density at radius 3 is 2.72 bits per heavy atom. The van der Waals surface area contributed by atoms with Crippen LogP contribution in [0.4, 0.5) is 4.39 Å². The summed E-state index contributed by atoms with van der Waals surface area (Å²) in [6.45, 7) is 9.58. The van der Waals surface area contributed by atoms with E-state index in [1.165, 1.54) is 12.1 Å². The molecule has 2 amide bonds. The van der Waals surface area contributed by atoms with Crippen LogP contribution in [0.1, 0.15) is 47.7 Å². The van der Waals surface area contributed by atoms with E-state index in [-0.39, 0.29) is 29.8 Å². The molecule has 2 aromatic carbocycles. The molecule has 0 saturated carbocycles. The number of nitrogens with one attached hydrogen (secondary N) is 2. The minimum absolute atomic E-state index is 0.0689. The smallest absolute Gasteiger partial charge is 0.255 e. The Hall–Kier alpha value is -3.23. The first kappa shape index (κ1) is 24.5. The second-order valence-corrected chi connectivity index (χ2v) is 9.87. The number of hydrogen-bond acceptors (Lipinski definition) is 5. The summed E-state index contributed by atoms with van der Waals surface area (Å²) in [5.41, 5.74) is 3.29. The van der Waals surface area contributed by atoms with Crippen molar-refractivity contribution >= 4 is 11.8 Å². The summed E-state index contributed by atoms with van der Waals surface area (Å²) in [5, 5.41) is 6.33. The lowest BCUT2D eigenvalue weighted by molar-refractivity contribution is -0.126. The van der Waals surface area contributed by atoms with Crippen LogP contribution < -0.4 is 15.4 Å². The van der Waals surface area contributed by atoms with Crippen LogP contribution in [-0.2, 0) is 17.9 Å². The molecule has 2 N–H and O–H groups in total. The summed E-state index contributed by atoms with van der Waals surface area (Å²) in [6.07, 6.45) is 2.14. The molecule has 0 aromatic heterocycles. The van der Waals surface area contributed by atoms with Gasteiger partial charge in [-0.1, -0.05) is 25.6 Å². The maximum atomic E-state index is 13.3. The minimum atomic E-state index is -0.476.